The number of piperidine rings is 1. The molecule has 0 unspecified atom stereocenters. The Morgan fingerprint density at radius 1 is 1.00 bits per heavy atom. The maximum atomic E-state index is 13.5. The molecule has 4 heteroatoms. The first kappa shape index (κ1) is 19.1. The summed E-state index contributed by atoms with van der Waals surface area (Å²) >= 11 is 0. The molecule has 0 aliphatic carbocycles. The fraction of sp³-hybridized carbons (Fsp3) is 0.240. The number of ether oxygens (including phenoxy) is 1. The number of likely N-dealkylation sites (tertiary alicyclic amines) is 1. The number of para-hydroxylation sites is 4. The van der Waals surface area contributed by atoms with Gasteiger partial charge in [0, 0.05) is 13.1 Å². The van der Waals surface area contributed by atoms with E-state index in [0.717, 1.165) is 37.3 Å². The van der Waals surface area contributed by atoms with E-state index in [4.69, 9.17) is 4.74 Å². The number of benzene rings is 2. The van der Waals surface area contributed by atoms with Gasteiger partial charge in [0.1, 0.15) is 0 Å². The van der Waals surface area contributed by atoms with E-state index in [1.807, 2.05) is 65.6 Å². The lowest BCUT2D eigenvalue weighted by Crippen LogP contribution is -2.45. The van der Waals surface area contributed by atoms with Crippen LogP contribution in [0.1, 0.15) is 19.8 Å². The molecule has 2 aromatic carbocycles. The van der Waals surface area contributed by atoms with E-state index in [2.05, 4.69) is 19.6 Å². The Labute approximate surface area is 172 Å². The predicted octanol–water partition coefficient (Wildman–Crippen LogP) is 6.45. The first-order chi connectivity index (χ1) is 14.2. The molecule has 2 amide bonds. The summed E-state index contributed by atoms with van der Waals surface area (Å²) < 4.78 is 6.01. The number of rotatable bonds is 3. The Balaban J connectivity index is 1.53. The van der Waals surface area contributed by atoms with Gasteiger partial charge >= 0.3 is 6.03 Å². The normalized spacial score (nSPS) is 16.9. The van der Waals surface area contributed by atoms with Crippen LogP contribution < -0.4 is 9.64 Å². The van der Waals surface area contributed by atoms with Crippen LogP contribution >= 0.6 is 0 Å². The van der Waals surface area contributed by atoms with Crippen LogP contribution in [0.5, 0.6) is 11.5 Å². The molecule has 2 aliphatic rings. The third-order valence-electron chi connectivity index (χ3n) is 5.64. The van der Waals surface area contributed by atoms with Gasteiger partial charge in [0.05, 0.1) is 11.4 Å². The number of nitrogens with zero attached hydrogens (tertiary/aromatic N) is 2. The van der Waals surface area contributed by atoms with Gasteiger partial charge in [-0.3, -0.25) is 4.90 Å². The van der Waals surface area contributed by atoms with E-state index in [-0.39, 0.29) is 6.03 Å². The van der Waals surface area contributed by atoms with Crippen LogP contribution in [0.25, 0.3) is 0 Å². The number of carbonyl (C=O) groups is 1. The van der Waals surface area contributed by atoms with Crippen molar-refractivity contribution in [2.45, 2.75) is 19.8 Å². The Morgan fingerprint density at radius 3 is 2.17 bits per heavy atom. The predicted molar refractivity (Wildman–Crippen MR) is 118 cm³/mol. The summed E-state index contributed by atoms with van der Waals surface area (Å²) in [6, 6.07) is 15.4. The average Bonchev–Trinajstić information content (AvgIpc) is 2.77. The molecule has 0 atom stereocenters. The van der Waals surface area contributed by atoms with Gasteiger partial charge in [0.25, 0.3) is 0 Å². The zero-order chi connectivity index (χ0) is 20.2. The average molecular weight is 386 g/mol. The second-order valence-electron chi connectivity index (χ2n) is 7.45. The van der Waals surface area contributed by atoms with Crippen molar-refractivity contribution in [1.29, 1.82) is 0 Å². The minimum Gasteiger partial charge on any atom is -0.453 e. The lowest BCUT2D eigenvalue weighted by Gasteiger charge is -2.38. The first-order valence-corrected chi connectivity index (χ1v) is 10.1. The van der Waals surface area contributed by atoms with Crippen molar-refractivity contribution in [3.63, 3.8) is 0 Å². The first-order valence-electron chi connectivity index (χ1n) is 10.1. The van der Waals surface area contributed by atoms with Gasteiger partial charge in [0.15, 0.2) is 11.5 Å². The van der Waals surface area contributed by atoms with Crippen molar-refractivity contribution in [2.24, 2.45) is 5.92 Å². The molecule has 148 valence electrons. The Bertz CT molecular complexity index is 923. The van der Waals surface area contributed by atoms with Crippen molar-refractivity contribution in [1.82, 2.24) is 4.90 Å². The molecule has 1 fully saturated rings. The van der Waals surface area contributed by atoms with E-state index >= 15 is 0 Å². The second-order valence-corrected chi connectivity index (χ2v) is 7.45. The lowest BCUT2D eigenvalue weighted by molar-refractivity contribution is 0.184. The molecule has 2 aromatic rings. The summed E-state index contributed by atoms with van der Waals surface area (Å²) in [6.07, 6.45) is 9.85. The SMILES string of the molecule is C=C/C=C\C=C(/C)C1CCN(C(=O)N2c3ccccc3Oc3ccccc32)CC1. The van der Waals surface area contributed by atoms with E-state index in [0.29, 0.717) is 17.4 Å². The number of hydrogen-bond donors (Lipinski definition) is 0. The molecule has 0 radical (unpaired) electrons. The zero-order valence-electron chi connectivity index (χ0n) is 16.8. The summed E-state index contributed by atoms with van der Waals surface area (Å²) in [7, 11) is 0. The van der Waals surface area contributed by atoms with Crippen LogP contribution in [-0.4, -0.2) is 24.0 Å². The van der Waals surface area contributed by atoms with Gasteiger partial charge in [-0.15, -0.1) is 0 Å². The summed E-state index contributed by atoms with van der Waals surface area (Å²) in [5, 5.41) is 0. The minimum absolute atomic E-state index is 0.0137. The molecule has 0 spiro atoms. The van der Waals surface area contributed by atoms with Gasteiger partial charge < -0.3 is 9.64 Å². The minimum atomic E-state index is 0.0137. The molecule has 2 aliphatic heterocycles. The number of amides is 2. The monoisotopic (exact) mass is 386 g/mol. The Hall–Kier alpha value is -3.27. The number of carbonyl (C=O) groups excluding carboxylic acids is 1. The molecule has 2 heterocycles. The van der Waals surface area contributed by atoms with Crippen LogP contribution in [0.3, 0.4) is 0 Å². The molecule has 29 heavy (non-hydrogen) atoms. The second kappa shape index (κ2) is 8.39. The summed E-state index contributed by atoms with van der Waals surface area (Å²) in [6.45, 7) is 7.38. The maximum Gasteiger partial charge on any atom is 0.329 e. The van der Waals surface area contributed by atoms with Gasteiger partial charge in [-0.25, -0.2) is 4.79 Å². The van der Waals surface area contributed by atoms with Crippen LogP contribution in [0.15, 0.2) is 85.0 Å². The van der Waals surface area contributed by atoms with Crippen LogP contribution in [0, 0.1) is 5.92 Å². The smallest absolute Gasteiger partial charge is 0.329 e. The highest BCUT2D eigenvalue weighted by Gasteiger charge is 2.33. The quantitative estimate of drug-likeness (QED) is 0.568. The number of hydrogen-bond acceptors (Lipinski definition) is 2. The van der Waals surface area contributed by atoms with E-state index in [9.17, 15) is 4.79 Å². The molecule has 0 bridgehead atoms. The largest absolute Gasteiger partial charge is 0.453 e. The summed E-state index contributed by atoms with van der Waals surface area (Å²) in [5.74, 6) is 1.93. The van der Waals surface area contributed by atoms with Crippen molar-refractivity contribution >= 4 is 17.4 Å². The van der Waals surface area contributed by atoms with Gasteiger partial charge in [-0.1, -0.05) is 60.7 Å². The summed E-state index contributed by atoms with van der Waals surface area (Å²) in [5.41, 5.74) is 2.95. The van der Waals surface area contributed by atoms with Crippen molar-refractivity contribution in [2.75, 3.05) is 18.0 Å². The van der Waals surface area contributed by atoms with E-state index in [1.54, 1.807) is 11.0 Å². The number of anilines is 2. The van der Waals surface area contributed by atoms with Crippen LogP contribution in [0.2, 0.25) is 0 Å². The molecular formula is C25H26N2O2. The highest BCUT2D eigenvalue weighted by atomic mass is 16.5. The lowest BCUT2D eigenvalue weighted by atomic mass is 9.90. The molecule has 0 N–H and O–H groups in total. The number of urea groups is 1. The van der Waals surface area contributed by atoms with E-state index in [1.165, 1.54) is 5.57 Å². The van der Waals surface area contributed by atoms with E-state index < -0.39 is 0 Å². The van der Waals surface area contributed by atoms with Crippen molar-refractivity contribution < 1.29 is 9.53 Å². The fourth-order valence-electron chi connectivity index (χ4n) is 4.00. The molecule has 0 aromatic heterocycles. The van der Waals surface area contributed by atoms with Gasteiger partial charge in [-0.2, -0.15) is 0 Å². The number of allylic oxidation sites excluding steroid dienone is 5. The Kier molecular flexibility index (Phi) is 5.52. The molecule has 0 saturated carbocycles. The number of fused-ring (bicyclic) bond motifs is 2. The molecular weight excluding hydrogens is 360 g/mol. The highest BCUT2D eigenvalue weighted by molar-refractivity contribution is 6.03. The van der Waals surface area contributed by atoms with Crippen LogP contribution in [-0.2, 0) is 0 Å². The molecule has 4 nitrogen and oxygen atoms in total. The van der Waals surface area contributed by atoms with Gasteiger partial charge in [-0.05, 0) is 49.9 Å². The third kappa shape index (κ3) is 3.83. The standard InChI is InChI=1S/C25H26N2O2/c1-3-4-5-10-19(2)20-15-17-26(18-16-20)25(28)27-21-11-6-8-13-23(21)29-24-14-9-7-12-22(24)27/h3-14,20H,1,15-18H2,2H3/b5-4-,19-10+. The topological polar surface area (TPSA) is 32.8 Å². The van der Waals surface area contributed by atoms with Crippen molar-refractivity contribution in [3.8, 4) is 11.5 Å². The maximum absolute atomic E-state index is 13.5. The molecule has 1 saturated heterocycles. The third-order valence-corrected chi connectivity index (χ3v) is 5.64. The zero-order valence-corrected chi connectivity index (χ0v) is 16.8. The van der Waals surface area contributed by atoms with Gasteiger partial charge in [0.2, 0.25) is 0 Å². The fourth-order valence-corrected chi connectivity index (χ4v) is 4.00. The van der Waals surface area contributed by atoms with Crippen molar-refractivity contribution in [3.05, 3.63) is 85.0 Å². The highest BCUT2D eigenvalue weighted by Crippen LogP contribution is 2.46. The molecule has 4 rings (SSSR count). The van der Waals surface area contributed by atoms with Crippen LogP contribution in [0.4, 0.5) is 16.2 Å². The Morgan fingerprint density at radius 2 is 1.59 bits per heavy atom. The summed E-state index contributed by atoms with van der Waals surface area (Å²) in [4.78, 5) is 17.3.